The molecule has 2 N–H and O–H groups in total. The number of aryl methyl sites for hydroxylation is 2. The van der Waals surface area contributed by atoms with Crippen LogP contribution < -0.4 is 10.2 Å². The number of ether oxygens (including phenoxy) is 2. The molecule has 7 heteroatoms. The Morgan fingerprint density at radius 3 is 2.57 bits per heavy atom. The minimum Gasteiger partial charge on any atom is -0.452 e. The number of carbonyl (C=O) groups is 2. The second-order valence-corrected chi connectivity index (χ2v) is 7.41. The van der Waals surface area contributed by atoms with Gasteiger partial charge in [-0.15, -0.1) is 0 Å². The highest BCUT2D eigenvalue weighted by molar-refractivity contribution is 5.98. The van der Waals surface area contributed by atoms with Gasteiger partial charge in [0.2, 0.25) is 0 Å². The van der Waals surface area contributed by atoms with Crippen LogP contribution in [-0.4, -0.2) is 49.8 Å². The first kappa shape index (κ1) is 20.0. The fourth-order valence-electron chi connectivity index (χ4n) is 3.58. The average Bonchev–Trinajstić information content (AvgIpc) is 3.06. The van der Waals surface area contributed by atoms with E-state index in [4.69, 9.17) is 9.47 Å². The van der Waals surface area contributed by atoms with Crippen LogP contribution >= 0.6 is 0 Å². The highest BCUT2D eigenvalue weighted by atomic mass is 16.5. The van der Waals surface area contributed by atoms with E-state index < -0.39 is 5.97 Å². The third kappa shape index (κ3) is 4.31. The third-order valence-electron chi connectivity index (χ3n) is 5.41. The first-order chi connectivity index (χ1) is 14.5. The molecule has 1 fully saturated rings. The molecule has 0 radical (unpaired) electrons. The summed E-state index contributed by atoms with van der Waals surface area (Å²) in [4.78, 5) is 30.0. The topological polar surface area (TPSA) is 83.7 Å². The van der Waals surface area contributed by atoms with Crippen LogP contribution in [0.4, 0.5) is 11.4 Å². The zero-order valence-corrected chi connectivity index (χ0v) is 17.2. The van der Waals surface area contributed by atoms with E-state index in [1.807, 2.05) is 44.2 Å². The minimum atomic E-state index is -0.520. The van der Waals surface area contributed by atoms with E-state index in [-0.39, 0.29) is 12.5 Å². The smallest absolute Gasteiger partial charge is 0.338 e. The van der Waals surface area contributed by atoms with Crippen molar-refractivity contribution in [2.24, 2.45) is 0 Å². The highest BCUT2D eigenvalue weighted by Gasteiger charge is 2.14. The Labute approximate surface area is 175 Å². The molecule has 1 amide bonds. The lowest BCUT2D eigenvalue weighted by molar-refractivity contribution is -0.119. The molecule has 4 rings (SSSR count). The highest BCUT2D eigenvalue weighted by Crippen LogP contribution is 2.23. The fourth-order valence-corrected chi connectivity index (χ4v) is 3.58. The summed E-state index contributed by atoms with van der Waals surface area (Å²) in [6.45, 7) is 6.81. The Balaban J connectivity index is 1.32. The summed E-state index contributed by atoms with van der Waals surface area (Å²) >= 11 is 0. The molecule has 2 heterocycles. The van der Waals surface area contributed by atoms with E-state index in [0.717, 1.165) is 54.2 Å². The molecule has 0 atom stereocenters. The molecule has 0 aliphatic carbocycles. The molecule has 156 valence electrons. The standard InChI is InChI=1S/C23H25N3O4/c1-15-16(2)24-21-8-3-17(13-20(15)21)23(28)30-14-22(27)25-18-4-6-19(7-5-18)26-9-11-29-12-10-26/h3-8,13,24H,9-12,14H2,1-2H3,(H,25,27). The summed E-state index contributed by atoms with van der Waals surface area (Å²) in [5, 5.41) is 3.74. The van der Waals surface area contributed by atoms with Crippen LogP contribution in [0.2, 0.25) is 0 Å². The second-order valence-electron chi connectivity index (χ2n) is 7.41. The van der Waals surface area contributed by atoms with Crippen molar-refractivity contribution >= 4 is 34.2 Å². The Morgan fingerprint density at radius 2 is 1.83 bits per heavy atom. The summed E-state index contributed by atoms with van der Waals surface area (Å²) in [6, 6.07) is 12.9. The molecule has 1 saturated heterocycles. The number of rotatable bonds is 5. The van der Waals surface area contributed by atoms with Gasteiger partial charge in [0, 0.05) is 41.1 Å². The summed E-state index contributed by atoms with van der Waals surface area (Å²) < 4.78 is 10.6. The molecular formula is C23H25N3O4. The van der Waals surface area contributed by atoms with Crippen LogP contribution in [-0.2, 0) is 14.3 Å². The van der Waals surface area contributed by atoms with E-state index in [1.165, 1.54) is 0 Å². The van der Waals surface area contributed by atoms with Crippen LogP contribution in [0.15, 0.2) is 42.5 Å². The van der Waals surface area contributed by atoms with Gasteiger partial charge in [-0.1, -0.05) is 0 Å². The maximum Gasteiger partial charge on any atom is 0.338 e. The van der Waals surface area contributed by atoms with Gasteiger partial charge in [-0.05, 0) is 61.9 Å². The number of amides is 1. The molecule has 1 aliphatic rings. The van der Waals surface area contributed by atoms with Gasteiger partial charge >= 0.3 is 5.97 Å². The van der Waals surface area contributed by atoms with Crippen molar-refractivity contribution in [2.75, 3.05) is 43.1 Å². The van der Waals surface area contributed by atoms with Crippen LogP contribution in [0.5, 0.6) is 0 Å². The number of nitrogens with zero attached hydrogens (tertiary/aromatic N) is 1. The van der Waals surface area contributed by atoms with E-state index >= 15 is 0 Å². The summed E-state index contributed by atoms with van der Waals surface area (Å²) in [5.74, 6) is -0.898. The van der Waals surface area contributed by atoms with Gasteiger partial charge in [-0.2, -0.15) is 0 Å². The number of nitrogens with one attached hydrogen (secondary N) is 2. The summed E-state index contributed by atoms with van der Waals surface area (Å²) in [6.07, 6.45) is 0. The van der Waals surface area contributed by atoms with Crippen molar-refractivity contribution in [3.63, 3.8) is 0 Å². The lowest BCUT2D eigenvalue weighted by atomic mass is 10.1. The van der Waals surface area contributed by atoms with Crippen molar-refractivity contribution < 1.29 is 19.1 Å². The number of aromatic nitrogens is 1. The predicted molar refractivity (Wildman–Crippen MR) is 116 cm³/mol. The van der Waals surface area contributed by atoms with Crippen molar-refractivity contribution in [3.8, 4) is 0 Å². The number of aromatic amines is 1. The van der Waals surface area contributed by atoms with Crippen LogP contribution in [0.25, 0.3) is 10.9 Å². The van der Waals surface area contributed by atoms with Crippen LogP contribution in [0.3, 0.4) is 0 Å². The van der Waals surface area contributed by atoms with Crippen molar-refractivity contribution in [1.29, 1.82) is 0 Å². The number of hydrogen-bond donors (Lipinski definition) is 2. The van der Waals surface area contributed by atoms with Gasteiger partial charge in [0.15, 0.2) is 6.61 Å². The van der Waals surface area contributed by atoms with Crippen LogP contribution in [0, 0.1) is 13.8 Å². The predicted octanol–water partition coefficient (Wildman–Crippen LogP) is 3.42. The summed E-state index contributed by atoms with van der Waals surface area (Å²) in [5.41, 5.74) is 5.31. The number of anilines is 2. The maximum atomic E-state index is 12.4. The van der Waals surface area contributed by atoms with Crippen molar-refractivity contribution in [3.05, 3.63) is 59.3 Å². The molecule has 0 saturated carbocycles. The molecule has 0 bridgehead atoms. The Morgan fingerprint density at radius 1 is 1.10 bits per heavy atom. The van der Waals surface area contributed by atoms with Gasteiger partial charge in [0.05, 0.1) is 18.8 Å². The number of benzene rings is 2. The normalized spacial score (nSPS) is 14.0. The van der Waals surface area contributed by atoms with Gasteiger partial charge in [-0.3, -0.25) is 4.79 Å². The number of H-pyrrole nitrogens is 1. The molecule has 0 unspecified atom stereocenters. The van der Waals surface area contributed by atoms with E-state index in [9.17, 15) is 9.59 Å². The minimum absolute atomic E-state index is 0.340. The quantitative estimate of drug-likeness (QED) is 0.633. The van der Waals surface area contributed by atoms with Gasteiger partial charge in [0.1, 0.15) is 0 Å². The number of carbonyl (C=O) groups excluding carboxylic acids is 2. The van der Waals surface area contributed by atoms with Crippen molar-refractivity contribution in [2.45, 2.75) is 13.8 Å². The SMILES string of the molecule is Cc1[nH]c2ccc(C(=O)OCC(=O)Nc3ccc(N4CCOCC4)cc3)cc2c1C. The Hall–Kier alpha value is -3.32. The largest absolute Gasteiger partial charge is 0.452 e. The fraction of sp³-hybridized carbons (Fsp3) is 0.304. The van der Waals surface area contributed by atoms with Crippen molar-refractivity contribution in [1.82, 2.24) is 4.98 Å². The molecule has 1 aliphatic heterocycles. The molecule has 0 spiro atoms. The average molecular weight is 407 g/mol. The van der Waals surface area contributed by atoms with Gasteiger partial charge in [-0.25, -0.2) is 4.79 Å². The number of hydrogen-bond acceptors (Lipinski definition) is 5. The number of esters is 1. The Kier molecular flexibility index (Phi) is 5.72. The zero-order valence-electron chi connectivity index (χ0n) is 17.2. The first-order valence-corrected chi connectivity index (χ1v) is 10.00. The van der Waals surface area contributed by atoms with E-state index in [0.29, 0.717) is 11.3 Å². The van der Waals surface area contributed by atoms with Crippen LogP contribution in [0.1, 0.15) is 21.6 Å². The number of morpholine rings is 1. The van der Waals surface area contributed by atoms with Gasteiger partial charge in [0.25, 0.3) is 5.91 Å². The third-order valence-corrected chi connectivity index (χ3v) is 5.41. The maximum absolute atomic E-state index is 12.4. The zero-order chi connectivity index (χ0) is 21.1. The van der Waals surface area contributed by atoms with Gasteiger partial charge < -0.3 is 24.7 Å². The molecule has 1 aromatic heterocycles. The lowest BCUT2D eigenvalue weighted by Crippen LogP contribution is -2.36. The summed E-state index contributed by atoms with van der Waals surface area (Å²) in [7, 11) is 0. The molecule has 2 aromatic carbocycles. The molecule has 3 aromatic rings. The molecular weight excluding hydrogens is 382 g/mol. The molecule has 30 heavy (non-hydrogen) atoms. The first-order valence-electron chi connectivity index (χ1n) is 10.00. The Bertz CT molecular complexity index is 1070. The monoisotopic (exact) mass is 407 g/mol. The molecule has 7 nitrogen and oxygen atoms in total. The number of fused-ring (bicyclic) bond motifs is 1. The lowest BCUT2D eigenvalue weighted by Gasteiger charge is -2.28. The van der Waals surface area contributed by atoms with E-state index in [2.05, 4.69) is 15.2 Å². The van der Waals surface area contributed by atoms with E-state index in [1.54, 1.807) is 12.1 Å². The second kappa shape index (κ2) is 8.59.